The molecule has 2 aliphatic carbocycles. The first kappa shape index (κ1) is 17.8. The van der Waals surface area contributed by atoms with Crippen LogP contribution in [-0.2, 0) is 17.6 Å². The molecular weight excluding hydrogens is 320 g/mol. The zero-order chi connectivity index (χ0) is 17.9. The molecule has 0 radical (unpaired) electrons. The summed E-state index contributed by atoms with van der Waals surface area (Å²) in [4.78, 5) is 17.5. The quantitative estimate of drug-likeness (QED) is 0.766. The maximum Gasteiger partial charge on any atom is 0.226 e. The average molecular weight is 353 g/mol. The van der Waals surface area contributed by atoms with E-state index in [2.05, 4.69) is 40.1 Å². The van der Waals surface area contributed by atoms with Crippen LogP contribution in [0.5, 0.6) is 0 Å². The lowest BCUT2D eigenvalue weighted by Gasteiger charge is -2.40. The van der Waals surface area contributed by atoms with Gasteiger partial charge >= 0.3 is 0 Å². The third kappa shape index (κ3) is 3.88. The number of carbonyl (C=O) groups excluding carboxylic acids is 1. The topological polar surface area (TPSA) is 23.6 Å². The zero-order valence-corrected chi connectivity index (χ0v) is 16.1. The van der Waals surface area contributed by atoms with E-state index in [-0.39, 0.29) is 0 Å². The molecular formula is C23H32N2O. The van der Waals surface area contributed by atoms with Crippen LogP contribution >= 0.6 is 0 Å². The lowest BCUT2D eigenvalue weighted by atomic mass is 9.96. The molecule has 1 saturated heterocycles. The Kier molecular flexibility index (Phi) is 5.44. The van der Waals surface area contributed by atoms with Crippen LogP contribution in [0.25, 0.3) is 0 Å². The van der Waals surface area contributed by atoms with Crippen molar-refractivity contribution in [1.29, 1.82) is 0 Å². The van der Waals surface area contributed by atoms with Gasteiger partial charge in [0.05, 0.1) is 0 Å². The van der Waals surface area contributed by atoms with Crippen molar-refractivity contribution in [1.82, 2.24) is 9.80 Å². The second-order valence-electron chi connectivity index (χ2n) is 8.41. The van der Waals surface area contributed by atoms with Gasteiger partial charge in [0, 0.05) is 32.1 Å². The molecule has 1 atom stereocenters. The first-order chi connectivity index (χ1) is 12.7. The van der Waals surface area contributed by atoms with Gasteiger partial charge in [0.2, 0.25) is 5.91 Å². The fourth-order valence-corrected chi connectivity index (χ4v) is 5.01. The van der Waals surface area contributed by atoms with Gasteiger partial charge in [0.25, 0.3) is 0 Å². The minimum absolute atomic E-state index is 0.319. The number of amides is 1. The molecule has 0 N–H and O–H groups in total. The third-order valence-corrected chi connectivity index (χ3v) is 6.68. The molecule has 1 aliphatic heterocycles. The van der Waals surface area contributed by atoms with Gasteiger partial charge in [-0.25, -0.2) is 0 Å². The van der Waals surface area contributed by atoms with E-state index in [1.54, 1.807) is 0 Å². The van der Waals surface area contributed by atoms with Gasteiger partial charge in [0.15, 0.2) is 0 Å². The minimum atomic E-state index is 0.319. The van der Waals surface area contributed by atoms with E-state index in [4.69, 9.17) is 0 Å². The molecule has 0 spiro atoms. The molecule has 1 aromatic carbocycles. The predicted molar refractivity (Wildman–Crippen MR) is 106 cm³/mol. The number of hydrogen-bond acceptors (Lipinski definition) is 2. The van der Waals surface area contributed by atoms with Gasteiger partial charge in [-0.3, -0.25) is 9.69 Å². The first-order valence-corrected chi connectivity index (χ1v) is 10.4. The Labute approximate surface area is 158 Å². The molecule has 1 fully saturated rings. The van der Waals surface area contributed by atoms with Crippen LogP contribution in [0.2, 0.25) is 0 Å². The van der Waals surface area contributed by atoms with Gasteiger partial charge < -0.3 is 4.90 Å². The average Bonchev–Trinajstić information content (AvgIpc) is 3.12. The molecule has 1 amide bonds. The molecule has 3 aliphatic rings. The molecule has 26 heavy (non-hydrogen) atoms. The Balaban J connectivity index is 1.34. The van der Waals surface area contributed by atoms with Crippen molar-refractivity contribution in [3.63, 3.8) is 0 Å². The van der Waals surface area contributed by atoms with E-state index in [0.717, 1.165) is 25.8 Å². The molecule has 0 aromatic heterocycles. The van der Waals surface area contributed by atoms with E-state index in [0.29, 0.717) is 24.4 Å². The number of allylic oxidation sites excluding steroid dienone is 1. The van der Waals surface area contributed by atoms with E-state index in [1.165, 1.54) is 55.3 Å². The summed E-state index contributed by atoms with van der Waals surface area (Å²) in [6, 6.07) is 9.89. The third-order valence-electron chi connectivity index (χ3n) is 6.68. The van der Waals surface area contributed by atoms with E-state index < -0.39 is 0 Å². The molecule has 1 unspecified atom stereocenters. The molecule has 4 rings (SSSR count). The highest BCUT2D eigenvalue weighted by Gasteiger charge is 2.32. The van der Waals surface area contributed by atoms with Crippen LogP contribution in [0.4, 0.5) is 0 Å². The number of likely N-dealkylation sites (N-methyl/N-ethyl adjacent to an activating group) is 1. The summed E-state index contributed by atoms with van der Waals surface area (Å²) in [6.07, 6.45) is 12.5. The van der Waals surface area contributed by atoms with Crippen LogP contribution in [0.15, 0.2) is 35.9 Å². The van der Waals surface area contributed by atoms with Gasteiger partial charge in [-0.1, -0.05) is 35.9 Å². The molecule has 3 heteroatoms. The summed E-state index contributed by atoms with van der Waals surface area (Å²) in [5.41, 5.74) is 4.41. The van der Waals surface area contributed by atoms with Crippen molar-refractivity contribution in [2.45, 2.75) is 69.9 Å². The van der Waals surface area contributed by atoms with Crippen LogP contribution in [0.3, 0.4) is 0 Å². The van der Waals surface area contributed by atoms with Gasteiger partial charge in [-0.05, 0) is 69.0 Å². The number of fused-ring (bicyclic) bond motifs is 1. The summed E-state index contributed by atoms with van der Waals surface area (Å²) in [5.74, 6) is 0.319. The van der Waals surface area contributed by atoms with E-state index in [1.807, 2.05) is 7.05 Å². The number of carbonyl (C=O) groups is 1. The standard InChI is InChI=1S/C23H32N2O/c1-24(23(26)14-18-8-3-2-4-9-18)21-12-7-13-25(17-21)22-15-19-10-5-6-11-20(19)16-22/h5-6,8,10-11,21-22H,2-4,7,9,12-17H2,1H3. The Morgan fingerprint density at radius 2 is 1.92 bits per heavy atom. The summed E-state index contributed by atoms with van der Waals surface area (Å²) in [7, 11) is 2.03. The Morgan fingerprint density at radius 3 is 2.62 bits per heavy atom. The maximum atomic E-state index is 12.8. The van der Waals surface area contributed by atoms with Crippen LogP contribution in [0, 0.1) is 0 Å². The van der Waals surface area contributed by atoms with E-state index in [9.17, 15) is 4.79 Å². The largest absolute Gasteiger partial charge is 0.341 e. The number of piperidine rings is 1. The van der Waals surface area contributed by atoms with E-state index >= 15 is 0 Å². The number of rotatable bonds is 4. The van der Waals surface area contributed by atoms with Crippen molar-refractivity contribution >= 4 is 5.91 Å². The second-order valence-corrected chi connectivity index (χ2v) is 8.41. The second kappa shape index (κ2) is 7.96. The number of benzene rings is 1. The fraction of sp³-hybridized carbons (Fsp3) is 0.609. The minimum Gasteiger partial charge on any atom is -0.341 e. The van der Waals surface area contributed by atoms with Crippen molar-refractivity contribution < 1.29 is 4.79 Å². The number of likely N-dealkylation sites (tertiary alicyclic amines) is 1. The highest BCUT2D eigenvalue weighted by molar-refractivity contribution is 5.78. The smallest absolute Gasteiger partial charge is 0.226 e. The molecule has 140 valence electrons. The molecule has 0 saturated carbocycles. The van der Waals surface area contributed by atoms with Crippen molar-refractivity contribution in [3.05, 3.63) is 47.0 Å². The van der Waals surface area contributed by atoms with Crippen molar-refractivity contribution in [2.24, 2.45) is 0 Å². The molecule has 1 aromatic rings. The van der Waals surface area contributed by atoms with Gasteiger partial charge in [-0.2, -0.15) is 0 Å². The zero-order valence-electron chi connectivity index (χ0n) is 16.1. The summed E-state index contributed by atoms with van der Waals surface area (Å²) < 4.78 is 0. The number of nitrogens with zero attached hydrogens (tertiary/aromatic N) is 2. The Bertz CT molecular complexity index is 656. The van der Waals surface area contributed by atoms with Crippen molar-refractivity contribution in [3.8, 4) is 0 Å². The maximum absolute atomic E-state index is 12.8. The van der Waals surface area contributed by atoms with Crippen LogP contribution in [-0.4, -0.2) is 47.9 Å². The molecule has 3 nitrogen and oxygen atoms in total. The van der Waals surface area contributed by atoms with Gasteiger partial charge in [0.1, 0.15) is 0 Å². The monoisotopic (exact) mass is 352 g/mol. The summed E-state index contributed by atoms with van der Waals surface area (Å²) >= 11 is 0. The highest BCUT2D eigenvalue weighted by atomic mass is 16.2. The summed E-state index contributed by atoms with van der Waals surface area (Å²) in [6.45, 7) is 2.22. The van der Waals surface area contributed by atoms with Crippen LogP contribution in [0.1, 0.15) is 56.1 Å². The molecule has 1 heterocycles. The SMILES string of the molecule is CN(C(=O)CC1=CCCCC1)C1CCCN(C2Cc3ccccc3C2)C1. The van der Waals surface area contributed by atoms with Crippen LogP contribution < -0.4 is 0 Å². The van der Waals surface area contributed by atoms with Gasteiger partial charge in [-0.15, -0.1) is 0 Å². The van der Waals surface area contributed by atoms with Crippen molar-refractivity contribution in [2.75, 3.05) is 20.1 Å². The normalized spacial score (nSPS) is 24.2. The Morgan fingerprint density at radius 1 is 1.15 bits per heavy atom. The predicted octanol–water partition coefficient (Wildman–Crippen LogP) is 3.97. The lowest BCUT2D eigenvalue weighted by molar-refractivity contribution is -0.132. The lowest BCUT2D eigenvalue weighted by Crippen LogP contribution is -2.51. The Hall–Kier alpha value is -1.61. The number of hydrogen-bond donors (Lipinski definition) is 0. The summed E-state index contributed by atoms with van der Waals surface area (Å²) in [5, 5.41) is 0. The fourth-order valence-electron chi connectivity index (χ4n) is 5.01. The first-order valence-electron chi connectivity index (χ1n) is 10.4. The molecule has 0 bridgehead atoms. The highest BCUT2D eigenvalue weighted by Crippen LogP contribution is 2.29.